The van der Waals surface area contributed by atoms with E-state index in [4.69, 9.17) is 4.74 Å². The van der Waals surface area contributed by atoms with E-state index in [1.165, 1.54) is 12.8 Å². The third kappa shape index (κ3) is 2.81. The summed E-state index contributed by atoms with van der Waals surface area (Å²) in [6, 6.07) is 7.26. The third-order valence-electron chi connectivity index (χ3n) is 2.66. The Morgan fingerprint density at radius 2 is 1.80 bits per heavy atom. The van der Waals surface area contributed by atoms with Crippen LogP contribution in [0.15, 0.2) is 28.7 Å². The molecule has 1 aromatic carbocycles. The Bertz CT molecular complexity index is 339. The molecular weight excluding hydrogens is 256 g/mol. The average molecular weight is 269 g/mol. The van der Waals surface area contributed by atoms with Crippen molar-refractivity contribution < 1.29 is 9.53 Å². The van der Waals surface area contributed by atoms with Crippen LogP contribution in [0, 0.1) is 0 Å². The lowest BCUT2D eigenvalue weighted by Crippen LogP contribution is -2.14. The van der Waals surface area contributed by atoms with Crippen LogP contribution in [0.3, 0.4) is 0 Å². The highest BCUT2D eigenvalue weighted by atomic mass is 79.9. The first-order chi connectivity index (χ1) is 7.25. The smallest absolute Gasteiger partial charge is 0.338 e. The Morgan fingerprint density at radius 3 is 2.40 bits per heavy atom. The molecule has 0 unspecified atom stereocenters. The predicted octanol–water partition coefficient (Wildman–Crippen LogP) is 3.55. The zero-order valence-electron chi connectivity index (χ0n) is 8.41. The number of hydrogen-bond acceptors (Lipinski definition) is 2. The highest BCUT2D eigenvalue weighted by molar-refractivity contribution is 9.10. The highest BCUT2D eigenvalue weighted by Crippen LogP contribution is 2.22. The van der Waals surface area contributed by atoms with Gasteiger partial charge < -0.3 is 4.74 Å². The Morgan fingerprint density at radius 1 is 1.20 bits per heavy atom. The molecule has 2 nitrogen and oxygen atoms in total. The standard InChI is InChI=1S/C12H13BrO2/c13-10-7-5-9(6-8-10)12(14)15-11-3-1-2-4-11/h5-8,11H,1-4H2. The lowest BCUT2D eigenvalue weighted by atomic mass is 10.2. The van der Waals surface area contributed by atoms with Crippen LogP contribution in [0.1, 0.15) is 36.0 Å². The Hall–Kier alpha value is -0.830. The van der Waals surface area contributed by atoms with E-state index in [-0.39, 0.29) is 12.1 Å². The molecule has 3 heteroatoms. The Labute approximate surface area is 97.8 Å². The molecule has 0 bridgehead atoms. The molecule has 1 aliphatic rings. The lowest BCUT2D eigenvalue weighted by molar-refractivity contribution is 0.0318. The SMILES string of the molecule is O=C(OC1CCCC1)c1ccc(Br)cc1. The molecule has 15 heavy (non-hydrogen) atoms. The molecule has 0 spiro atoms. The first-order valence-electron chi connectivity index (χ1n) is 5.22. The van der Waals surface area contributed by atoms with Gasteiger partial charge in [0.25, 0.3) is 0 Å². The summed E-state index contributed by atoms with van der Waals surface area (Å²) in [7, 11) is 0. The number of rotatable bonds is 2. The molecule has 0 saturated heterocycles. The molecular formula is C12H13BrO2. The molecule has 0 amide bonds. The van der Waals surface area contributed by atoms with E-state index in [9.17, 15) is 4.79 Å². The fourth-order valence-corrected chi connectivity index (χ4v) is 2.08. The van der Waals surface area contributed by atoms with Crippen molar-refractivity contribution in [3.05, 3.63) is 34.3 Å². The maximum Gasteiger partial charge on any atom is 0.338 e. The van der Waals surface area contributed by atoms with Gasteiger partial charge in [-0.2, -0.15) is 0 Å². The van der Waals surface area contributed by atoms with Crippen LogP contribution in [0.5, 0.6) is 0 Å². The molecule has 0 atom stereocenters. The molecule has 0 radical (unpaired) electrons. The molecule has 0 heterocycles. The third-order valence-corrected chi connectivity index (χ3v) is 3.18. The van der Waals surface area contributed by atoms with E-state index in [1.807, 2.05) is 12.1 Å². The van der Waals surface area contributed by atoms with Crippen LogP contribution in [0.2, 0.25) is 0 Å². The molecule has 0 N–H and O–H groups in total. The van der Waals surface area contributed by atoms with Gasteiger partial charge in [0.05, 0.1) is 5.56 Å². The zero-order valence-corrected chi connectivity index (χ0v) is 10.00. The molecule has 1 saturated carbocycles. The lowest BCUT2D eigenvalue weighted by Gasteiger charge is -2.10. The molecule has 0 aromatic heterocycles. The largest absolute Gasteiger partial charge is 0.459 e. The summed E-state index contributed by atoms with van der Waals surface area (Å²) < 4.78 is 6.36. The number of halogens is 1. The van der Waals surface area contributed by atoms with Crippen molar-refractivity contribution in [3.8, 4) is 0 Å². The molecule has 1 fully saturated rings. The summed E-state index contributed by atoms with van der Waals surface area (Å²) in [6.07, 6.45) is 4.53. The van der Waals surface area contributed by atoms with Gasteiger partial charge in [0.15, 0.2) is 0 Å². The number of hydrogen-bond donors (Lipinski definition) is 0. The molecule has 80 valence electrons. The number of esters is 1. The minimum absolute atomic E-state index is 0.140. The van der Waals surface area contributed by atoms with Crippen molar-refractivity contribution in [2.45, 2.75) is 31.8 Å². The average Bonchev–Trinajstić information content (AvgIpc) is 2.71. The molecule has 0 aliphatic heterocycles. The normalized spacial score (nSPS) is 16.6. The van der Waals surface area contributed by atoms with Gasteiger partial charge in [-0.3, -0.25) is 0 Å². The van der Waals surface area contributed by atoms with Crippen LogP contribution in [0.4, 0.5) is 0 Å². The summed E-state index contributed by atoms with van der Waals surface area (Å²) in [5.41, 5.74) is 0.630. The molecule has 2 rings (SSSR count). The first-order valence-corrected chi connectivity index (χ1v) is 6.01. The van der Waals surface area contributed by atoms with E-state index in [0.29, 0.717) is 5.56 Å². The van der Waals surface area contributed by atoms with Crippen LogP contribution in [0.25, 0.3) is 0 Å². The predicted molar refractivity (Wildman–Crippen MR) is 61.8 cm³/mol. The van der Waals surface area contributed by atoms with Gasteiger partial charge in [-0.25, -0.2) is 4.79 Å². The van der Waals surface area contributed by atoms with Crippen LogP contribution < -0.4 is 0 Å². The second-order valence-corrected chi connectivity index (χ2v) is 4.73. The number of ether oxygens (including phenoxy) is 1. The fourth-order valence-electron chi connectivity index (χ4n) is 1.81. The summed E-state index contributed by atoms with van der Waals surface area (Å²) in [6.45, 7) is 0. The van der Waals surface area contributed by atoms with Gasteiger partial charge in [-0.15, -0.1) is 0 Å². The summed E-state index contributed by atoms with van der Waals surface area (Å²) in [5.74, 6) is -0.200. The van der Waals surface area contributed by atoms with E-state index in [2.05, 4.69) is 15.9 Å². The number of benzene rings is 1. The van der Waals surface area contributed by atoms with Crippen LogP contribution >= 0.6 is 15.9 Å². The zero-order chi connectivity index (χ0) is 10.7. The second kappa shape index (κ2) is 4.79. The van der Waals surface area contributed by atoms with Gasteiger partial charge in [0, 0.05) is 4.47 Å². The maximum absolute atomic E-state index is 11.7. The number of carbonyl (C=O) groups excluding carboxylic acids is 1. The van der Waals surface area contributed by atoms with Crippen molar-refractivity contribution in [3.63, 3.8) is 0 Å². The quantitative estimate of drug-likeness (QED) is 0.767. The molecule has 1 aliphatic carbocycles. The van der Waals surface area contributed by atoms with Crippen molar-refractivity contribution in [1.82, 2.24) is 0 Å². The van der Waals surface area contributed by atoms with E-state index < -0.39 is 0 Å². The fraction of sp³-hybridized carbons (Fsp3) is 0.417. The van der Waals surface area contributed by atoms with Crippen molar-refractivity contribution >= 4 is 21.9 Å². The Kier molecular flexibility index (Phi) is 3.41. The Balaban J connectivity index is 1.98. The van der Waals surface area contributed by atoms with Gasteiger partial charge in [0.1, 0.15) is 6.10 Å². The van der Waals surface area contributed by atoms with Gasteiger partial charge >= 0.3 is 5.97 Å². The first kappa shape index (κ1) is 10.7. The van der Waals surface area contributed by atoms with Gasteiger partial charge in [0.2, 0.25) is 0 Å². The summed E-state index contributed by atoms with van der Waals surface area (Å²) in [4.78, 5) is 11.7. The summed E-state index contributed by atoms with van der Waals surface area (Å²) >= 11 is 3.33. The van der Waals surface area contributed by atoms with Crippen LogP contribution in [-0.2, 0) is 4.74 Å². The van der Waals surface area contributed by atoms with Crippen molar-refractivity contribution in [2.75, 3.05) is 0 Å². The van der Waals surface area contributed by atoms with Gasteiger partial charge in [-0.1, -0.05) is 15.9 Å². The highest BCUT2D eigenvalue weighted by Gasteiger charge is 2.19. The number of carbonyl (C=O) groups is 1. The minimum Gasteiger partial charge on any atom is -0.459 e. The summed E-state index contributed by atoms with van der Waals surface area (Å²) in [5, 5.41) is 0. The van der Waals surface area contributed by atoms with Crippen molar-refractivity contribution in [1.29, 1.82) is 0 Å². The molecule has 1 aromatic rings. The van der Waals surface area contributed by atoms with Gasteiger partial charge in [-0.05, 0) is 49.9 Å². The van der Waals surface area contributed by atoms with Crippen LogP contribution in [-0.4, -0.2) is 12.1 Å². The van der Waals surface area contributed by atoms with E-state index in [1.54, 1.807) is 12.1 Å². The monoisotopic (exact) mass is 268 g/mol. The van der Waals surface area contributed by atoms with Crippen molar-refractivity contribution in [2.24, 2.45) is 0 Å². The maximum atomic E-state index is 11.7. The van der Waals surface area contributed by atoms with E-state index >= 15 is 0 Å². The topological polar surface area (TPSA) is 26.3 Å². The minimum atomic E-state index is -0.200. The second-order valence-electron chi connectivity index (χ2n) is 3.82. The van der Waals surface area contributed by atoms with E-state index in [0.717, 1.165) is 17.3 Å².